The molecule has 1 aromatic heterocycles. The summed E-state index contributed by atoms with van der Waals surface area (Å²) < 4.78 is 1.74. The van der Waals surface area contributed by atoms with Crippen LogP contribution in [0.1, 0.15) is 47.4 Å². The molecular formula is C23H24N4O2. The molecule has 4 rings (SSSR count). The monoisotopic (exact) mass is 388 g/mol. The molecule has 1 saturated heterocycles. The van der Waals surface area contributed by atoms with Crippen molar-refractivity contribution < 1.29 is 9.59 Å². The Morgan fingerprint density at radius 3 is 2.21 bits per heavy atom. The molecule has 0 saturated carbocycles. The van der Waals surface area contributed by atoms with Crippen molar-refractivity contribution in [2.75, 3.05) is 13.1 Å². The zero-order valence-electron chi connectivity index (χ0n) is 16.4. The standard InChI is InChI=1S/C23H24N4O2/c1-17(28)20-13-8-14-26(15-20)23(29)21-16-27(25-24-21)22(18-9-4-2-5-10-18)19-11-6-3-7-12-19/h2-7,9-12,16,20,22H,8,13-15H2,1H3/t20-/m0/s1. The normalized spacial score (nSPS) is 16.8. The van der Waals surface area contributed by atoms with Gasteiger partial charge in [0.15, 0.2) is 5.69 Å². The zero-order valence-corrected chi connectivity index (χ0v) is 16.4. The molecule has 3 aromatic rings. The fourth-order valence-electron chi connectivity index (χ4n) is 3.92. The smallest absolute Gasteiger partial charge is 0.276 e. The molecule has 6 heteroatoms. The Balaban J connectivity index is 1.62. The molecule has 0 aliphatic carbocycles. The van der Waals surface area contributed by atoms with E-state index in [4.69, 9.17) is 0 Å². The second kappa shape index (κ2) is 8.39. The maximum atomic E-state index is 13.0. The summed E-state index contributed by atoms with van der Waals surface area (Å²) in [5.41, 5.74) is 2.44. The molecule has 2 aromatic carbocycles. The van der Waals surface area contributed by atoms with E-state index in [2.05, 4.69) is 10.3 Å². The Labute approximate surface area is 170 Å². The number of carbonyl (C=O) groups is 2. The van der Waals surface area contributed by atoms with Gasteiger partial charge in [-0.1, -0.05) is 65.9 Å². The second-order valence-corrected chi connectivity index (χ2v) is 7.51. The molecule has 1 aliphatic heterocycles. The Bertz CT molecular complexity index is 945. The van der Waals surface area contributed by atoms with Gasteiger partial charge in [0.25, 0.3) is 5.91 Å². The van der Waals surface area contributed by atoms with E-state index in [-0.39, 0.29) is 23.7 Å². The summed E-state index contributed by atoms with van der Waals surface area (Å²) in [6, 6.07) is 19.9. The summed E-state index contributed by atoms with van der Waals surface area (Å²) in [5, 5.41) is 8.46. The second-order valence-electron chi connectivity index (χ2n) is 7.51. The van der Waals surface area contributed by atoms with Crippen LogP contribution in [0.15, 0.2) is 66.9 Å². The third-order valence-corrected chi connectivity index (χ3v) is 5.51. The van der Waals surface area contributed by atoms with Crippen LogP contribution in [-0.4, -0.2) is 44.7 Å². The van der Waals surface area contributed by atoms with Gasteiger partial charge < -0.3 is 4.90 Å². The SMILES string of the molecule is CC(=O)[C@H]1CCCN(C(=O)c2cn(C(c3ccccc3)c3ccccc3)nn2)C1. The van der Waals surface area contributed by atoms with Gasteiger partial charge in [-0.25, -0.2) is 4.68 Å². The lowest BCUT2D eigenvalue weighted by molar-refractivity contribution is -0.122. The first-order chi connectivity index (χ1) is 14.1. The highest BCUT2D eigenvalue weighted by atomic mass is 16.2. The van der Waals surface area contributed by atoms with Gasteiger partial charge in [-0.15, -0.1) is 5.10 Å². The van der Waals surface area contributed by atoms with E-state index in [1.54, 1.807) is 22.7 Å². The summed E-state index contributed by atoms with van der Waals surface area (Å²) in [6.45, 7) is 2.71. The van der Waals surface area contributed by atoms with Crippen LogP contribution >= 0.6 is 0 Å². The zero-order chi connectivity index (χ0) is 20.2. The first kappa shape index (κ1) is 19.1. The number of aromatic nitrogens is 3. The molecular weight excluding hydrogens is 364 g/mol. The number of hydrogen-bond acceptors (Lipinski definition) is 4. The average molecular weight is 388 g/mol. The van der Waals surface area contributed by atoms with E-state index in [1.165, 1.54) is 0 Å². The first-order valence-corrected chi connectivity index (χ1v) is 9.95. The number of carbonyl (C=O) groups excluding carboxylic acids is 2. The van der Waals surface area contributed by atoms with Gasteiger partial charge in [0.2, 0.25) is 0 Å². The van der Waals surface area contributed by atoms with Crippen molar-refractivity contribution in [3.8, 4) is 0 Å². The number of hydrogen-bond donors (Lipinski definition) is 0. The topological polar surface area (TPSA) is 68.1 Å². The van der Waals surface area contributed by atoms with Crippen LogP contribution in [0.5, 0.6) is 0 Å². The summed E-state index contributed by atoms with van der Waals surface area (Å²) in [4.78, 5) is 26.4. The Morgan fingerprint density at radius 1 is 1.00 bits per heavy atom. The predicted molar refractivity (Wildman–Crippen MR) is 109 cm³/mol. The highest BCUT2D eigenvalue weighted by molar-refractivity contribution is 5.92. The van der Waals surface area contributed by atoms with E-state index in [0.717, 1.165) is 24.0 Å². The molecule has 0 bridgehead atoms. The minimum absolute atomic E-state index is 0.0795. The van der Waals surface area contributed by atoms with Crippen molar-refractivity contribution in [1.29, 1.82) is 0 Å². The van der Waals surface area contributed by atoms with Gasteiger partial charge in [0.1, 0.15) is 11.8 Å². The number of Topliss-reactive ketones (excluding diaryl/α,β-unsaturated/α-hetero) is 1. The predicted octanol–water partition coefficient (Wildman–Crippen LogP) is 3.36. The molecule has 6 nitrogen and oxygen atoms in total. The minimum Gasteiger partial charge on any atom is -0.336 e. The number of rotatable bonds is 5. The van der Waals surface area contributed by atoms with Crippen molar-refractivity contribution in [1.82, 2.24) is 19.9 Å². The molecule has 1 atom stereocenters. The van der Waals surface area contributed by atoms with E-state index < -0.39 is 0 Å². The van der Waals surface area contributed by atoms with Gasteiger partial charge in [-0.05, 0) is 30.9 Å². The molecule has 0 radical (unpaired) electrons. The largest absolute Gasteiger partial charge is 0.336 e. The van der Waals surface area contributed by atoms with Crippen molar-refractivity contribution in [3.63, 3.8) is 0 Å². The number of nitrogens with zero attached hydrogens (tertiary/aromatic N) is 4. The number of benzene rings is 2. The van der Waals surface area contributed by atoms with Crippen LogP contribution in [-0.2, 0) is 4.79 Å². The lowest BCUT2D eigenvalue weighted by Crippen LogP contribution is -2.42. The highest BCUT2D eigenvalue weighted by Crippen LogP contribution is 2.26. The van der Waals surface area contributed by atoms with Gasteiger partial charge in [-0.3, -0.25) is 9.59 Å². The fraction of sp³-hybridized carbons (Fsp3) is 0.304. The molecule has 1 fully saturated rings. The van der Waals surface area contributed by atoms with Crippen molar-refractivity contribution in [2.24, 2.45) is 5.92 Å². The third kappa shape index (κ3) is 4.11. The van der Waals surface area contributed by atoms with Crippen LogP contribution in [0.25, 0.3) is 0 Å². The van der Waals surface area contributed by atoms with Crippen LogP contribution in [0, 0.1) is 5.92 Å². The summed E-state index contributed by atoms with van der Waals surface area (Å²) >= 11 is 0. The van der Waals surface area contributed by atoms with Crippen molar-refractivity contribution in [3.05, 3.63) is 83.7 Å². The number of amides is 1. The van der Waals surface area contributed by atoms with Crippen LogP contribution in [0.3, 0.4) is 0 Å². The summed E-state index contributed by atoms with van der Waals surface area (Å²) in [5.74, 6) is -0.106. The summed E-state index contributed by atoms with van der Waals surface area (Å²) in [7, 11) is 0. The van der Waals surface area contributed by atoms with Crippen LogP contribution in [0.4, 0.5) is 0 Å². The molecule has 2 heterocycles. The Hall–Kier alpha value is -3.28. The molecule has 1 aliphatic rings. The summed E-state index contributed by atoms with van der Waals surface area (Å²) in [6.07, 6.45) is 3.39. The van der Waals surface area contributed by atoms with Gasteiger partial charge in [0.05, 0.1) is 6.20 Å². The maximum Gasteiger partial charge on any atom is 0.276 e. The Kier molecular flexibility index (Phi) is 5.51. The molecule has 1 amide bonds. The van der Waals surface area contributed by atoms with Crippen LogP contribution < -0.4 is 0 Å². The van der Waals surface area contributed by atoms with E-state index in [9.17, 15) is 9.59 Å². The van der Waals surface area contributed by atoms with E-state index >= 15 is 0 Å². The molecule has 0 N–H and O–H groups in total. The quantitative estimate of drug-likeness (QED) is 0.672. The van der Waals surface area contributed by atoms with E-state index in [1.807, 2.05) is 60.7 Å². The van der Waals surface area contributed by atoms with Crippen LogP contribution in [0.2, 0.25) is 0 Å². The number of ketones is 1. The third-order valence-electron chi connectivity index (χ3n) is 5.51. The minimum atomic E-state index is -0.169. The molecule has 0 unspecified atom stereocenters. The average Bonchev–Trinajstić information content (AvgIpc) is 3.24. The first-order valence-electron chi connectivity index (χ1n) is 9.95. The lowest BCUT2D eigenvalue weighted by atomic mass is 9.94. The number of piperidine rings is 1. The maximum absolute atomic E-state index is 13.0. The van der Waals surface area contributed by atoms with Gasteiger partial charge >= 0.3 is 0 Å². The van der Waals surface area contributed by atoms with Crippen molar-refractivity contribution >= 4 is 11.7 Å². The van der Waals surface area contributed by atoms with Gasteiger partial charge in [0, 0.05) is 19.0 Å². The highest BCUT2D eigenvalue weighted by Gasteiger charge is 2.29. The van der Waals surface area contributed by atoms with E-state index in [0.29, 0.717) is 18.8 Å². The lowest BCUT2D eigenvalue weighted by Gasteiger charge is -2.30. The van der Waals surface area contributed by atoms with Gasteiger partial charge in [-0.2, -0.15) is 0 Å². The molecule has 29 heavy (non-hydrogen) atoms. The van der Waals surface area contributed by atoms with Crippen molar-refractivity contribution in [2.45, 2.75) is 25.8 Å². The molecule has 148 valence electrons. The fourth-order valence-corrected chi connectivity index (χ4v) is 3.92. The number of likely N-dealkylation sites (tertiary alicyclic amines) is 1. The molecule has 0 spiro atoms. The Morgan fingerprint density at radius 2 is 1.62 bits per heavy atom.